The van der Waals surface area contributed by atoms with Crippen LogP contribution in [0.4, 0.5) is 11.4 Å². The average molecular weight is 309 g/mol. The molecule has 114 valence electrons. The summed E-state index contributed by atoms with van der Waals surface area (Å²) in [5.41, 5.74) is 8.21. The third-order valence-electron chi connectivity index (χ3n) is 3.17. The molecule has 3 N–H and O–H groups in total. The minimum Gasteiger partial charge on any atom is -0.397 e. The third-order valence-corrected chi connectivity index (χ3v) is 4.58. The summed E-state index contributed by atoms with van der Waals surface area (Å²) < 4.78 is 27.5. The fourth-order valence-electron chi connectivity index (χ4n) is 2.08. The Bertz CT molecular complexity index is 739. The van der Waals surface area contributed by atoms with Crippen LogP contribution in [0, 0.1) is 0 Å². The standard InChI is InChI=1S/C13H19N5O2S/c1-15-21(19,20)11-4-5-13(12(14)6-11)17(2)8-10-7-16-18(3)9-10/h4-7,9,15H,8,14H2,1-3H3. The first-order valence-corrected chi connectivity index (χ1v) is 7.83. The van der Waals surface area contributed by atoms with Gasteiger partial charge in [-0.25, -0.2) is 13.1 Å². The number of nitrogens with two attached hydrogens (primary N) is 1. The summed E-state index contributed by atoms with van der Waals surface area (Å²) in [6.07, 6.45) is 3.71. The van der Waals surface area contributed by atoms with Crippen LogP contribution in [0.5, 0.6) is 0 Å². The molecule has 0 amide bonds. The molecule has 0 saturated carbocycles. The maximum absolute atomic E-state index is 11.7. The summed E-state index contributed by atoms with van der Waals surface area (Å²) in [5.74, 6) is 0. The molecule has 8 heteroatoms. The molecule has 0 fully saturated rings. The lowest BCUT2D eigenvalue weighted by molar-refractivity contribution is 0.588. The van der Waals surface area contributed by atoms with E-state index in [1.54, 1.807) is 16.9 Å². The van der Waals surface area contributed by atoms with E-state index in [1.807, 2.05) is 25.2 Å². The van der Waals surface area contributed by atoms with Crippen molar-refractivity contribution in [1.29, 1.82) is 0 Å². The van der Waals surface area contributed by atoms with Crippen LogP contribution < -0.4 is 15.4 Å². The van der Waals surface area contributed by atoms with Gasteiger partial charge in [0.1, 0.15) is 0 Å². The van der Waals surface area contributed by atoms with Crippen LogP contribution in [0.1, 0.15) is 5.56 Å². The fourth-order valence-corrected chi connectivity index (χ4v) is 2.84. The van der Waals surface area contributed by atoms with Crippen LogP contribution in [0.25, 0.3) is 0 Å². The number of rotatable bonds is 5. The first-order chi connectivity index (χ1) is 9.83. The maximum atomic E-state index is 11.7. The van der Waals surface area contributed by atoms with Crippen LogP contribution in [0.2, 0.25) is 0 Å². The molecule has 0 saturated heterocycles. The van der Waals surface area contributed by atoms with Crippen LogP contribution in [0.3, 0.4) is 0 Å². The Morgan fingerprint density at radius 2 is 2.14 bits per heavy atom. The lowest BCUT2D eigenvalue weighted by Gasteiger charge is -2.21. The van der Waals surface area contributed by atoms with Crippen molar-refractivity contribution in [3.63, 3.8) is 0 Å². The topological polar surface area (TPSA) is 93.2 Å². The predicted molar refractivity (Wildman–Crippen MR) is 82.4 cm³/mol. The maximum Gasteiger partial charge on any atom is 0.240 e. The highest BCUT2D eigenvalue weighted by molar-refractivity contribution is 7.89. The second-order valence-electron chi connectivity index (χ2n) is 4.81. The zero-order valence-corrected chi connectivity index (χ0v) is 13.1. The molecule has 1 aromatic heterocycles. The Hall–Kier alpha value is -2.06. The molecule has 0 spiro atoms. The molecule has 0 aliphatic carbocycles. The number of hydrogen-bond donors (Lipinski definition) is 2. The molecule has 0 unspecified atom stereocenters. The molecule has 1 heterocycles. The van der Waals surface area contributed by atoms with Crippen molar-refractivity contribution in [2.45, 2.75) is 11.4 Å². The van der Waals surface area contributed by atoms with Gasteiger partial charge in [0.15, 0.2) is 0 Å². The van der Waals surface area contributed by atoms with E-state index in [0.717, 1.165) is 11.3 Å². The molecule has 0 atom stereocenters. The minimum atomic E-state index is -3.48. The zero-order chi connectivity index (χ0) is 15.6. The van der Waals surface area contributed by atoms with Gasteiger partial charge in [0.05, 0.1) is 22.5 Å². The lowest BCUT2D eigenvalue weighted by Crippen LogP contribution is -2.20. The molecular weight excluding hydrogens is 290 g/mol. The number of anilines is 2. The summed E-state index contributed by atoms with van der Waals surface area (Å²) in [7, 11) is 1.64. The largest absolute Gasteiger partial charge is 0.397 e. The molecule has 0 bridgehead atoms. The van der Waals surface area contributed by atoms with Crippen LogP contribution in [0.15, 0.2) is 35.5 Å². The van der Waals surface area contributed by atoms with Gasteiger partial charge in [-0.1, -0.05) is 0 Å². The van der Waals surface area contributed by atoms with E-state index in [0.29, 0.717) is 12.2 Å². The molecule has 0 aliphatic rings. The van der Waals surface area contributed by atoms with E-state index in [-0.39, 0.29) is 4.90 Å². The van der Waals surface area contributed by atoms with E-state index in [1.165, 1.54) is 19.2 Å². The summed E-state index contributed by atoms with van der Waals surface area (Å²) in [6.45, 7) is 0.635. The quantitative estimate of drug-likeness (QED) is 0.787. The summed E-state index contributed by atoms with van der Waals surface area (Å²) >= 11 is 0. The summed E-state index contributed by atoms with van der Waals surface area (Å²) in [4.78, 5) is 2.10. The van der Waals surface area contributed by atoms with E-state index < -0.39 is 10.0 Å². The number of nitrogens with zero attached hydrogens (tertiary/aromatic N) is 3. The first kappa shape index (κ1) is 15.3. The number of nitrogen functional groups attached to an aromatic ring is 1. The molecule has 0 radical (unpaired) electrons. The fraction of sp³-hybridized carbons (Fsp3) is 0.308. The van der Waals surface area contributed by atoms with Gasteiger partial charge in [0.2, 0.25) is 10.0 Å². The van der Waals surface area contributed by atoms with E-state index >= 15 is 0 Å². The highest BCUT2D eigenvalue weighted by Crippen LogP contribution is 2.26. The molecule has 2 aromatic rings. The van der Waals surface area contributed by atoms with E-state index in [4.69, 9.17) is 5.73 Å². The van der Waals surface area contributed by atoms with E-state index in [9.17, 15) is 8.42 Å². The number of hydrogen-bond acceptors (Lipinski definition) is 5. The Labute approximate surface area is 124 Å². The van der Waals surface area contributed by atoms with Gasteiger partial charge in [-0.05, 0) is 25.2 Å². The zero-order valence-electron chi connectivity index (χ0n) is 12.2. The Morgan fingerprint density at radius 1 is 1.43 bits per heavy atom. The highest BCUT2D eigenvalue weighted by Gasteiger charge is 2.14. The van der Waals surface area contributed by atoms with E-state index in [2.05, 4.69) is 9.82 Å². The molecule has 2 rings (SSSR count). The van der Waals surface area contributed by atoms with Gasteiger partial charge in [-0.15, -0.1) is 0 Å². The van der Waals surface area contributed by atoms with Crippen molar-refractivity contribution in [1.82, 2.24) is 14.5 Å². The summed E-state index contributed by atoms with van der Waals surface area (Å²) in [5, 5.41) is 4.11. The number of nitrogens with one attached hydrogen (secondary N) is 1. The second-order valence-corrected chi connectivity index (χ2v) is 6.69. The number of benzene rings is 1. The minimum absolute atomic E-state index is 0.154. The van der Waals surface area contributed by atoms with Crippen LogP contribution in [-0.4, -0.2) is 32.3 Å². The highest BCUT2D eigenvalue weighted by atomic mass is 32.2. The smallest absolute Gasteiger partial charge is 0.240 e. The van der Waals surface area contributed by atoms with Gasteiger partial charge >= 0.3 is 0 Å². The Kier molecular flexibility index (Phi) is 4.19. The van der Waals surface area contributed by atoms with Crippen molar-refractivity contribution in [3.8, 4) is 0 Å². The van der Waals surface area contributed by atoms with Crippen LogP contribution >= 0.6 is 0 Å². The third kappa shape index (κ3) is 3.34. The van der Waals surface area contributed by atoms with Crippen molar-refractivity contribution < 1.29 is 8.42 Å². The van der Waals surface area contributed by atoms with Crippen molar-refractivity contribution in [2.75, 3.05) is 24.7 Å². The summed E-state index contributed by atoms with van der Waals surface area (Å²) in [6, 6.07) is 4.70. The Morgan fingerprint density at radius 3 is 2.67 bits per heavy atom. The number of aryl methyl sites for hydroxylation is 1. The lowest BCUT2D eigenvalue weighted by atomic mass is 10.2. The molecule has 7 nitrogen and oxygen atoms in total. The molecule has 0 aliphatic heterocycles. The van der Waals surface area contributed by atoms with Crippen LogP contribution in [-0.2, 0) is 23.6 Å². The SMILES string of the molecule is CNS(=O)(=O)c1ccc(N(C)Cc2cnn(C)c2)c(N)c1. The van der Waals surface area contributed by atoms with Crippen molar-refractivity contribution in [2.24, 2.45) is 7.05 Å². The monoisotopic (exact) mass is 309 g/mol. The number of sulfonamides is 1. The van der Waals surface area contributed by atoms with Gasteiger partial charge in [0.25, 0.3) is 0 Å². The predicted octanol–water partition coefficient (Wildman–Crippen LogP) is 0.547. The molecule has 1 aromatic carbocycles. The number of aromatic nitrogens is 2. The Balaban J connectivity index is 2.24. The first-order valence-electron chi connectivity index (χ1n) is 6.35. The van der Waals surface area contributed by atoms with Gasteiger partial charge in [-0.2, -0.15) is 5.10 Å². The van der Waals surface area contributed by atoms with Crippen molar-refractivity contribution >= 4 is 21.4 Å². The average Bonchev–Trinajstić information content (AvgIpc) is 2.83. The van der Waals surface area contributed by atoms with Gasteiger partial charge < -0.3 is 10.6 Å². The van der Waals surface area contributed by atoms with Gasteiger partial charge in [-0.3, -0.25) is 4.68 Å². The molecule has 21 heavy (non-hydrogen) atoms. The normalized spacial score (nSPS) is 11.6. The second kappa shape index (κ2) is 5.74. The van der Waals surface area contributed by atoms with Gasteiger partial charge in [0, 0.05) is 32.4 Å². The van der Waals surface area contributed by atoms with Crippen molar-refractivity contribution in [3.05, 3.63) is 36.2 Å². The molecular formula is C13H19N5O2S.